The molecule has 0 aliphatic carbocycles. The van der Waals surface area contributed by atoms with Crippen molar-refractivity contribution in [2.75, 3.05) is 52.6 Å². The lowest BCUT2D eigenvalue weighted by atomic mass is 10.0. The van der Waals surface area contributed by atoms with Crippen molar-refractivity contribution in [3.63, 3.8) is 0 Å². The third kappa shape index (κ3) is 5.21. The van der Waals surface area contributed by atoms with Gasteiger partial charge in [-0.1, -0.05) is 12.1 Å². The van der Waals surface area contributed by atoms with Crippen LogP contribution in [0.4, 0.5) is 13.2 Å². The molecule has 0 bridgehead atoms. The number of ether oxygens (including phenoxy) is 2. The van der Waals surface area contributed by atoms with Crippen LogP contribution >= 0.6 is 0 Å². The second-order valence-corrected chi connectivity index (χ2v) is 6.84. The van der Waals surface area contributed by atoms with Crippen molar-refractivity contribution < 1.29 is 27.4 Å². The molecule has 0 saturated carbocycles. The molecule has 2 saturated heterocycles. The molecule has 0 aromatic heterocycles. The lowest BCUT2D eigenvalue weighted by molar-refractivity contribution is -0.138. The molecule has 3 rings (SSSR count). The van der Waals surface area contributed by atoms with Gasteiger partial charge in [-0.25, -0.2) is 0 Å². The Kier molecular flexibility index (Phi) is 6.73. The van der Waals surface area contributed by atoms with Crippen LogP contribution in [0.15, 0.2) is 24.3 Å². The summed E-state index contributed by atoms with van der Waals surface area (Å²) in [5.41, 5.74) is -1.16. The summed E-state index contributed by atoms with van der Waals surface area (Å²) < 4.78 is 50.8. The molecule has 0 radical (unpaired) electrons. The monoisotopic (exact) mass is 386 g/mol. The molecule has 5 nitrogen and oxygen atoms in total. The van der Waals surface area contributed by atoms with Gasteiger partial charge in [0.25, 0.3) is 5.91 Å². The number of benzene rings is 1. The molecule has 8 heteroatoms. The minimum atomic E-state index is -4.56. The van der Waals surface area contributed by atoms with Gasteiger partial charge in [-0.15, -0.1) is 0 Å². The Labute approximate surface area is 157 Å². The number of nitrogens with zero attached hydrogens (tertiary/aromatic N) is 2. The van der Waals surface area contributed by atoms with Gasteiger partial charge in [0.2, 0.25) is 0 Å². The molecule has 2 fully saturated rings. The number of hydrogen-bond donors (Lipinski definition) is 0. The van der Waals surface area contributed by atoms with Gasteiger partial charge >= 0.3 is 6.18 Å². The molecule has 1 aromatic rings. The van der Waals surface area contributed by atoms with Gasteiger partial charge in [-0.2, -0.15) is 13.2 Å². The number of rotatable bonds is 5. The zero-order chi connectivity index (χ0) is 19.3. The van der Waals surface area contributed by atoms with Gasteiger partial charge in [0.15, 0.2) is 0 Å². The van der Waals surface area contributed by atoms with E-state index in [1.54, 1.807) is 4.90 Å². The normalized spacial score (nSPS) is 19.8. The molecule has 1 amide bonds. The highest BCUT2D eigenvalue weighted by Crippen LogP contribution is 2.33. The van der Waals surface area contributed by atoms with E-state index in [1.165, 1.54) is 18.2 Å². The predicted molar refractivity (Wildman–Crippen MR) is 93.6 cm³/mol. The van der Waals surface area contributed by atoms with Gasteiger partial charge in [0, 0.05) is 45.4 Å². The van der Waals surface area contributed by atoms with Crippen LogP contribution < -0.4 is 0 Å². The maximum absolute atomic E-state index is 13.4. The van der Waals surface area contributed by atoms with Gasteiger partial charge in [-0.3, -0.25) is 9.69 Å². The van der Waals surface area contributed by atoms with E-state index >= 15 is 0 Å². The van der Waals surface area contributed by atoms with Crippen molar-refractivity contribution >= 4 is 5.91 Å². The van der Waals surface area contributed by atoms with Crippen LogP contribution in [0.25, 0.3) is 0 Å². The van der Waals surface area contributed by atoms with Crippen molar-refractivity contribution in [2.24, 2.45) is 0 Å². The van der Waals surface area contributed by atoms with Crippen molar-refractivity contribution in [1.29, 1.82) is 0 Å². The third-order valence-corrected chi connectivity index (χ3v) is 5.12. The maximum Gasteiger partial charge on any atom is 0.417 e. The van der Waals surface area contributed by atoms with E-state index in [2.05, 4.69) is 4.90 Å². The zero-order valence-corrected chi connectivity index (χ0v) is 15.2. The van der Waals surface area contributed by atoms with E-state index in [0.717, 1.165) is 19.2 Å². The molecule has 1 aromatic carbocycles. The molecule has 0 spiro atoms. The second-order valence-electron chi connectivity index (χ2n) is 6.84. The summed E-state index contributed by atoms with van der Waals surface area (Å²) in [5, 5.41) is 0. The quantitative estimate of drug-likeness (QED) is 0.780. The molecule has 27 heavy (non-hydrogen) atoms. The highest BCUT2D eigenvalue weighted by Gasteiger charge is 2.37. The lowest BCUT2D eigenvalue weighted by Crippen LogP contribution is -2.48. The van der Waals surface area contributed by atoms with Gasteiger partial charge in [0.1, 0.15) is 0 Å². The first-order valence-corrected chi connectivity index (χ1v) is 9.32. The van der Waals surface area contributed by atoms with Gasteiger partial charge < -0.3 is 14.4 Å². The van der Waals surface area contributed by atoms with Crippen LogP contribution in [0.3, 0.4) is 0 Å². The molecule has 2 aliphatic heterocycles. The average Bonchev–Trinajstić information content (AvgIpc) is 2.69. The Morgan fingerprint density at radius 2 is 1.70 bits per heavy atom. The molecular formula is C19H25F3N2O3. The minimum Gasteiger partial charge on any atom is -0.381 e. The van der Waals surface area contributed by atoms with Crippen molar-refractivity contribution in [1.82, 2.24) is 9.80 Å². The molecular weight excluding hydrogens is 361 g/mol. The number of carbonyl (C=O) groups excluding carboxylic acids is 1. The first-order valence-electron chi connectivity index (χ1n) is 9.32. The molecule has 0 N–H and O–H groups in total. The van der Waals surface area contributed by atoms with Crippen LogP contribution in [-0.2, 0) is 15.7 Å². The summed E-state index contributed by atoms with van der Waals surface area (Å²) in [6, 6.07) is 4.93. The Hall–Kier alpha value is -1.64. The summed E-state index contributed by atoms with van der Waals surface area (Å²) in [4.78, 5) is 16.9. The van der Waals surface area contributed by atoms with E-state index in [4.69, 9.17) is 9.47 Å². The van der Waals surface area contributed by atoms with Crippen molar-refractivity contribution in [2.45, 2.75) is 25.1 Å². The zero-order valence-electron chi connectivity index (χ0n) is 15.2. The van der Waals surface area contributed by atoms with Gasteiger partial charge in [-0.05, 0) is 25.0 Å². The SMILES string of the molecule is O=C(c1ccccc1C(F)(F)F)N(CCN1CCOCC1)C1CCOCC1. The Morgan fingerprint density at radius 1 is 1.07 bits per heavy atom. The largest absolute Gasteiger partial charge is 0.417 e. The Bertz CT molecular complexity index is 627. The van der Waals surface area contributed by atoms with E-state index in [0.29, 0.717) is 52.4 Å². The van der Waals surface area contributed by atoms with E-state index < -0.39 is 17.6 Å². The number of amides is 1. The topological polar surface area (TPSA) is 42.0 Å². The second kappa shape index (κ2) is 9.03. The van der Waals surface area contributed by atoms with Gasteiger partial charge in [0.05, 0.1) is 24.3 Å². The number of halogens is 3. The number of morpholine rings is 1. The van der Waals surface area contributed by atoms with E-state index in [1.807, 2.05) is 0 Å². The molecule has 0 unspecified atom stereocenters. The fourth-order valence-electron chi connectivity index (χ4n) is 3.59. The minimum absolute atomic E-state index is 0.103. The molecule has 0 atom stereocenters. The first-order chi connectivity index (χ1) is 13.0. The van der Waals surface area contributed by atoms with Crippen LogP contribution in [0.5, 0.6) is 0 Å². The summed E-state index contributed by atoms with van der Waals surface area (Å²) >= 11 is 0. The first kappa shape index (κ1) is 20.1. The standard InChI is InChI=1S/C19H25F3N2O3/c20-19(21,22)17-4-2-1-3-16(17)18(25)24(15-5-11-26-12-6-15)8-7-23-9-13-27-14-10-23/h1-4,15H,5-14H2. The van der Waals surface area contributed by atoms with Crippen molar-refractivity contribution in [3.05, 3.63) is 35.4 Å². The Balaban J connectivity index is 1.80. The van der Waals surface area contributed by atoms with Crippen molar-refractivity contribution in [3.8, 4) is 0 Å². The van der Waals surface area contributed by atoms with Crippen LogP contribution in [0, 0.1) is 0 Å². The summed E-state index contributed by atoms with van der Waals surface area (Å²) in [6.07, 6.45) is -3.27. The average molecular weight is 386 g/mol. The van der Waals surface area contributed by atoms with Crippen LogP contribution in [0.2, 0.25) is 0 Å². The predicted octanol–water partition coefficient (Wildman–Crippen LogP) is 2.66. The maximum atomic E-state index is 13.4. The number of carbonyl (C=O) groups is 1. The number of hydrogen-bond acceptors (Lipinski definition) is 4. The third-order valence-electron chi connectivity index (χ3n) is 5.12. The van der Waals surface area contributed by atoms with Crippen LogP contribution in [0.1, 0.15) is 28.8 Å². The fraction of sp³-hybridized carbons (Fsp3) is 0.632. The highest BCUT2D eigenvalue weighted by molar-refractivity contribution is 5.96. The van der Waals surface area contributed by atoms with E-state index in [-0.39, 0.29) is 11.6 Å². The highest BCUT2D eigenvalue weighted by atomic mass is 19.4. The molecule has 150 valence electrons. The smallest absolute Gasteiger partial charge is 0.381 e. The molecule has 2 heterocycles. The molecule has 2 aliphatic rings. The summed E-state index contributed by atoms with van der Waals surface area (Å²) in [5.74, 6) is -0.553. The van der Waals surface area contributed by atoms with E-state index in [9.17, 15) is 18.0 Å². The summed E-state index contributed by atoms with van der Waals surface area (Å²) in [7, 11) is 0. The summed E-state index contributed by atoms with van der Waals surface area (Å²) in [6.45, 7) is 4.89. The fourth-order valence-corrected chi connectivity index (χ4v) is 3.59. The number of alkyl halides is 3. The van der Waals surface area contributed by atoms with Crippen LogP contribution in [-0.4, -0.2) is 74.4 Å². The Morgan fingerprint density at radius 3 is 2.37 bits per heavy atom. The lowest BCUT2D eigenvalue weighted by Gasteiger charge is -2.37.